The van der Waals surface area contributed by atoms with Gasteiger partial charge >= 0.3 is 0 Å². The molecule has 0 amide bonds. The van der Waals surface area contributed by atoms with Gasteiger partial charge in [-0.2, -0.15) is 5.10 Å². The summed E-state index contributed by atoms with van der Waals surface area (Å²) in [5, 5.41) is 4.14. The summed E-state index contributed by atoms with van der Waals surface area (Å²) in [5.74, 6) is 1.03. The minimum Gasteiger partial charge on any atom is -0.301 e. The Hall–Kier alpha value is -1.72. The van der Waals surface area contributed by atoms with E-state index in [1.54, 1.807) is 6.33 Å². The fourth-order valence-electron chi connectivity index (χ4n) is 3.12. The minimum absolute atomic E-state index is 0.618. The Balaban J connectivity index is 1.46. The molecule has 1 saturated heterocycles. The summed E-state index contributed by atoms with van der Waals surface area (Å²) < 4.78 is 1.86. The van der Waals surface area contributed by atoms with Crippen molar-refractivity contribution in [3.8, 4) is 0 Å². The Morgan fingerprint density at radius 2 is 2.09 bits per heavy atom. The first-order valence-corrected chi connectivity index (χ1v) is 8.02. The first kappa shape index (κ1) is 15.2. The summed E-state index contributed by atoms with van der Waals surface area (Å²) >= 11 is 0. The maximum atomic E-state index is 4.32. The van der Waals surface area contributed by atoms with Gasteiger partial charge in [0.1, 0.15) is 12.2 Å². The largest absolute Gasteiger partial charge is 0.301 e. The van der Waals surface area contributed by atoms with Gasteiger partial charge < -0.3 is 4.90 Å². The SMILES string of the molecule is CN(Cc1ncnn1C)C1CCN(CCc2ccccc2)C1. The van der Waals surface area contributed by atoms with E-state index in [1.165, 1.54) is 18.5 Å². The first-order chi connectivity index (χ1) is 10.7. The third-order valence-electron chi connectivity index (χ3n) is 4.63. The van der Waals surface area contributed by atoms with E-state index in [2.05, 4.69) is 57.3 Å². The lowest BCUT2D eigenvalue weighted by Crippen LogP contribution is -2.35. The van der Waals surface area contributed by atoms with Crippen LogP contribution in [0.25, 0.3) is 0 Å². The molecule has 2 aromatic rings. The Labute approximate surface area is 132 Å². The first-order valence-electron chi connectivity index (χ1n) is 8.02. The summed E-state index contributed by atoms with van der Waals surface area (Å²) in [4.78, 5) is 9.30. The molecule has 0 aliphatic carbocycles. The lowest BCUT2D eigenvalue weighted by Gasteiger charge is -2.24. The van der Waals surface area contributed by atoms with Gasteiger partial charge in [-0.05, 0) is 32.0 Å². The molecule has 22 heavy (non-hydrogen) atoms. The van der Waals surface area contributed by atoms with Crippen LogP contribution in [0.15, 0.2) is 36.7 Å². The van der Waals surface area contributed by atoms with Gasteiger partial charge in [0, 0.05) is 26.2 Å². The Morgan fingerprint density at radius 3 is 2.82 bits per heavy atom. The van der Waals surface area contributed by atoms with Crippen molar-refractivity contribution in [1.82, 2.24) is 24.6 Å². The summed E-state index contributed by atoms with van der Waals surface area (Å²) in [7, 11) is 4.15. The number of nitrogens with zero attached hydrogens (tertiary/aromatic N) is 5. The zero-order valence-electron chi connectivity index (χ0n) is 13.5. The van der Waals surface area contributed by atoms with Crippen LogP contribution in [0, 0.1) is 0 Å². The predicted octanol–water partition coefficient (Wildman–Crippen LogP) is 1.56. The van der Waals surface area contributed by atoms with Crippen molar-refractivity contribution in [3.63, 3.8) is 0 Å². The molecule has 3 rings (SSSR count). The molecule has 1 aromatic heterocycles. The lowest BCUT2D eigenvalue weighted by molar-refractivity contribution is 0.218. The number of hydrogen-bond acceptors (Lipinski definition) is 4. The topological polar surface area (TPSA) is 37.2 Å². The molecule has 1 aliphatic heterocycles. The number of likely N-dealkylation sites (N-methyl/N-ethyl adjacent to an activating group) is 1. The molecule has 0 saturated carbocycles. The quantitative estimate of drug-likeness (QED) is 0.811. The van der Waals surface area contributed by atoms with Crippen molar-refractivity contribution in [2.24, 2.45) is 7.05 Å². The smallest absolute Gasteiger partial charge is 0.140 e. The lowest BCUT2D eigenvalue weighted by atomic mass is 10.1. The highest BCUT2D eigenvalue weighted by Gasteiger charge is 2.25. The highest BCUT2D eigenvalue weighted by atomic mass is 15.3. The second kappa shape index (κ2) is 7.03. The van der Waals surface area contributed by atoms with Crippen molar-refractivity contribution >= 4 is 0 Å². The average molecular weight is 299 g/mol. The summed E-state index contributed by atoms with van der Waals surface area (Å²) in [6, 6.07) is 11.4. The number of likely N-dealkylation sites (tertiary alicyclic amines) is 1. The second-order valence-electron chi connectivity index (χ2n) is 6.19. The van der Waals surface area contributed by atoms with Crippen molar-refractivity contribution < 1.29 is 0 Å². The molecular weight excluding hydrogens is 274 g/mol. The zero-order chi connectivity index (χ0) is 15.4. The van der Waals surface area contributed by atoms with E-state index in [-0.39, 0.29) is 0 Å². The molecule has 1 aromatic carbocycles. The fourth-order valence-corrected chi connectivity index (χ4v) is 3.12. The van der Waals surface area contributed by atoms with Gasteiger partial charge in [-0.25, -0.2) is 4.98 Å². The van der Waals surface area contributed by atoms with E-state index < -0.39 is 0 Å². The molecule has 1 fully saturated rings. The summed E-state index contributed by atoms with van der Waals surface area (Å²) in [6.45, 7) is 4.37. The van der Waals surface area contributed by atoms with Gasteiger partial charge in [0.25, 0.3) is 0 Å². The molecule has 118 valence electrons. The van der Waals surface area contributed by atoms with E-state index >= 15 is 0 Å². The van der Waals surface area contributed by atoms with Gasteiger partial charge in [-0.3, -0.25) is 9.58 Å². The van der Waals surface area contributed by atoms with Crippen molar-refractivity contribution in [1.29, 1.82) is 0 Å². The third-order valence-corrected chi connectivity index (χ3v) is 4.63. The monoisotopic (exact) mass is 299 g/mol. The maximum absolute atomic E-state index is 4.32. The van der Waals surface area contributed by atoms with Gasteiger partial charge in [0.2, 0.25) is 0 Å². The maximum Gasteiger partial charge on any atom is 0.140 e. The second-order valence-corrected chi connectivity index (χ2v) is 6.19. The Bertz CT molecular complexity index is 580. The van der Waals surface area contributed by atoms with Crippen LogP contribution in [-0.4, -0.2) is 57.3 Å². The van der Waals surface area contributed by atoms with Crippen LogP contribution < -0.4 is 0 Å². The normalized spacial score (nSPS) is 19.1. The van der Waals surface area contributed by atoms with E-state index in [0.29, 0.717) is 6.04 Å². The Kier molecular flexibility index (Phi) is 4.85. The Morgan fingerprint density at radius 1 is 1.27 bits per heavy atom. The van der Waals surface area contributed by atoms with Crippen molar-refractivity contribution in [2.75, 3.05) is 26.7 Å². The third kappa shape index (κ3) is 3.72. The fraction of sp³-hybridized carbons (Fsp3) is 0.529. The number of aromatic nitrogens is 3. The standard InChI is InChI=1S/C17H25N5/c1-20(13-17-18-14-19-21(17)2)16-9-11-22(12-16)10-8-15-6-4-3-5-7-15/h3-7,14,16H,8-13H2,1-2H3. The van der Waals surface area contributed by atoms with E-state index in [1.807, 2.05) is 11.7 Å². The predicted molar refractivity (Wildman–Crippen MR) is 87.5 cm³/mol. The van der Waals surface area contributed by atoms with E-state index in [9.17, 15) is 0 Å². The molecule has 5 heteroatoms. The number of hydrogen-bond donors (Lipinski definition) is 0. The molecular formula is C17H25N5. The molecule has 0 N–H and O–H groups in total. The van der Waals surface area contributed by atoms with Crippen LogP contribution in [0.3, 0.4) is 0 Å². The molecule has 5 nitrogen and oxygen atoms in total. The van der Waals surface area contributed by atoms with Crippen LogP contribution in [0.4, 0.5) is 0 Å². The molecule has 1 aliphatic rings. The van der Waals surface area contributed by atoms with Crippen molar-refractivity contribution in [2.45, 2.75) is 25.4 Å². The van der Waals surface area contributed by atoms with Crippen LogP contribution >= 0.6 is 0 Å². The van der Waals surface area contributed by atoms with Gasteiger partial charge in [0.05, 0.1) is 6.54 Å². The molecule has 2 heterocycles. The van der Waals surface area contributed by atoms with Crippen LogP contribution in [0.2, 0.25) is 0 Å². The van der Waals surface area contributed by atoms with Gasteiger partial charge in [-0.1, -0.05) is 30.3 Å². The highest BCUT2D eigenvalue weighted by molar-refractivity contribution is 5.14. The number of aryl methyl sites for hydroxylation is 1. The molecule has 0 spiro atoms. The summed E-state index contributed by atoms with van der Waals surface area (Å²) in [6.07, 6.45) is 4.01. The average Bonchev–Trinajstić information content (AvgIpc) is 3.16. The van der Waals surface area contributed by atoms with Crippen LogP contribution in [0.1, 0.15) is 17.8 Å². The zero-order valence-corrected chi connectivity index (χ0v) is 13.5. The molecule has 0 radical (unpaired) electrons. The number of rotatable bonds is 6. The van der Waals surface area contributed by atoms with E-state index in [0.717, 1.165) is 31.9 Å². The molecule has 1 unspecified atom stereocenters. The summed E-state index contributed by atoms with van der Waals surface area (Å²) in [5.41, 5.74) is 1.43. The number of benzene rings is 1. The van der Waals surface area contributed by atoms with E-state index in [4.69, 9.17) is 0 Å². The van der Waals surface area contributed by atoms with Gasteiger partial charge in [-0.15, -0.1) is 0 Å². The molecule has 0 bridgehead atoms. The minimum atomic E-state index is 0.618. The van der Waals surface area contributed by atoms with Crippen molar-refractivity contribution in [3.05, 3.63) is 48.0 Å². The van der Waals surface area contributed by atoms with Gasteiger partial charge in [0.15, 0.2) is 0 Å². The van der Waals surface area contributed by atoms with Crippen LogP contribution in [-0.2, 0) is 20.0 Å². The van der Waals surface area contributed by atoms with Crippen LogP contribution in [0.5, 0.6) is 0 Å². The highest BCUT2D eigenvalue weighted by Crippen LogP contribution is 2.16. The molecule has 1 atom stereocenters.